The molecule has 1 aromatic carbocycles. The first-order valence-electron chi connectivity index (χ1n) is 10.3. The van der Waals surface area contributed by atoms with E-state index in [1.54, 1.807) is 16.7 Å². The third-order valence-electron chi connectivity index (χ3n) is 5.36. The van der Waals surface area contributed by atoms with Crippen LogP contribution in [0.2, 0.25) is 0 Å². The van der Waals surface area contributed by atoms with E-state index >= 15 is 0 Å². The molecule has 0 aliphatic rings. The minimum atomic E-state index is -0.177. The summed E-state index contributed by atoms with van der Waals surface area (Å²) < 4.78 is 8.65. The summed E-state index contributed by atoms with van der Waals surface area (Å²) in [7, 11) is 0. The number of benzene rings is 1. The lowest BCUT2D eigenvalue weighted by Gasteiger charge is -2.14. The van der Waals surface area contributed by atoms with E-state index in [0.29, 0.717) is 36.3 Å². The topological polar surface area (TPSA) is 81.5 Å². The number of carbonyl (C=O) groups is 1. The molecule has 0 unspecified atom stereocenters. The van der Waals surface area contributed by atoms with Crippen LogP contribution in [0.1, 0.15) is 37.6 Å². The normalized spacial score (nSPS) is 12.5. The van der Waals surface area contributed by atoms with Gasteiger partial charge in [0.25, 0.3) is 5.56 Å². The Kier molecular flexibility index (Phi) is 5.70. The van der Waals surface area contributed by atoms with Crippen molar-refractivity contribution in [1.29, 1.82) is 0 Å². The van der Waals surface area contributed by atoms with Crippen molar-refractivity contribution in [2.75, 3.05) is 0 Å². The quantitative estimate of drug-likeness (QED) is 0.486. The Balaban J connectivity index is 1.31. The Morgan fingerprint density at radius 1 is 1.20 bits per heavy atom. The van der Waals surface area contributed by atoms with Crippen LogP contribution in [0.5, 0.6) is 0 Å². The molecule has 1 amide bonds. The first-order valence-corrected chi connectivity index (χ1v) is 10.3. The fourth-order valence-electron chi connectivity index (χ4n) is 3.82. The second-order valence-corrected chi connectivity index (χ2v) is 7.71. The van der Waals surface area contributed by atoms with Gasteiger partial charge >= 0.3 is 0 Å². The van der Waals surface area contributed by atoms with Crippen molar-refractivity contribution in [3.8, 4) is 0 Å². The van der Waals surface area contributed by atoms with Gasteiger partial charge in [-0.2, -0.15) is 5.10 Å². The fraction of sp³-hybridized carbons (Fsp3) is 0.348. The van der Waals surface area contributed by atoms with E-state index in [0.717, 1.165) is 18.4 Å². The minimum Gasteiger partial charge on any atom is -0.463 e. The molecule has 1 N–H and O–H groups in total. The molecule has 0 aliphatic heterocycles. The molecule has 0 saturated heterocycles. The Labute approximate surface area is 174 Å². The van der Waals surface area contributed by atoms with Crippen molar-refractivity contribution in [3.63, 3.8) is 0 Å². The summed E-state index contributed by atoms with van der Waals surface area (Å²) in [6, 6.07) is 13.9. The van der Waals surface area contributed by atoms with Crippen LogP contribution in [0.15, 0.2) is 57.9 Å². The van der Waals surface area contributed by atoms with Gasteiger partial charge in [0.1, 0.15) is 11.3 Å². The van der Waals surface area contributed by atoms with Crippen LogP contribution >= 0.6 is 0 Å². The predicted molar refractivity (Wildman–Crippen MR) is 116 cm³/mol. The lowest BCUT2D eigenvalue weighted by molar-refractivity contribution is -0.121. The molecule has 7 heteroatoms. The zero-order valence-corrected chi connectivity index (χ0v) is 17.3. The van der Waals surface area contributed by atoms with E-state index in [2.05, 4.69) is 22.5 Å². The molecule has 0 aliphatic carbocycles. The van der Waals surface area contributed by atoms with Crippen molar-refractivity contribution in [2.24, 2.45) is 0 Å². The number of fused-ring (bicyclic) bond motifs is 3. The number of aryl methyl sites for hydroxylation is 3. The molecule has 7 nitrogen and oxygen atoms in total. The maximum Gasteiger partial charge on any atom is 0.291 e. The molecule has 30 heavy (non-hydrogen) atoms. The standard InChI is InChI=1S/C23H26N4O3/c1-16(10-11-18-7-4-3-5-8-18)24-22(28)9-6-13-26-23(29)20-15-21-19(12-14-30-21)27(20)17(2)25-26/h3-5,7-8,12,14-16H,6,9-11,13H2,1-2H3,(H,24,28)/t16-/m0/s1. The van der Waals surface area contributed by atoms with Crippen LogP contribution in [0, 0.1) is 6.92 Å². The number of nitrogens with zero attached hydrogens (tertiary/aromatic N) is 3. The predicted octanol–water partition coefficient (Wildman–Crippen LogP) is 3.47. The summed E-state index contributed by atoms with van der Waals surface area (Å²) in [5.41, 5.74) is 3.13. The first kappa shape index (κ1) is 19.9. The van der Waals surface area contributed by atoms with Gasteiger partial charge in [0.2, 0.25) is 5.91 Å². The highest BCUT2D eigenvalue weighted by atomic mass is 16.3. The second kappa shape index (κ2) is 8.57. The zero-order valence-electron chi connectivity index (χ0n) is 17.3. The Morgan fingerprint density at radius 2 is 2.00 bits per heavy atom. The minimum absolute atomic E-state index is 0.00149. The highest BCUT2D eigenvalue weighted by molar-refractivity contribution is 5.82. The molecule has 0 saturated carbocycles. The zero-order chi connectivity index (χ0) is 21.1. The van der Waals surface area contributed by atoms with Gasteiger partial charge in [-0.05, 0) is 38.7 Å². The summed E-state index contributed by atoms with van der Waals surface area (Å²) in [4.78, 5) is 25.0. The highest BCUT2D eigenvalue weighted by Gasteiger charge is 2.14. The molecule has 4 rings (SSSR count). The number of furan rings is 1. The molecule has 156 valence electrons. The van der Waals surface area contributed by atoms with Gasteiger partial charge in [-0.3, -0.25) is 14.0 Å². The van der Waals surface area contributed by atoms with Crippen LogP contribution in [-0.2, 0) is 17.8 Å². The molecular weight excluding hydrogens is 380 g/mol. The van der Waals surface area contributed by atoms with Crippen LogP contribution in [0.4, 0.5) is 0 Å². The van der Waals surface area contributed by atoms with Crippen LogP contribution < -0.4 is 10.9 Å². The molecule has 0 spiro atoms. The van der Waals surface area contributed by atoms with E-state index < -0.39 is 0 Å². The lowest BCUT2D eigenvalue weighted by atomic mass is 10.1. The Hall–Kier alpha value is -3.35. The van der Waals surface area contributed by atoms with Crippen molar-refractivity contribution in [2.45, 2.75) is 52.1 Å². The number of aromatic nitrogens is 3. The number of carbonyl (C=O) groups excluding carboxylic acids is 1. The van der Waals surface area contributed by atoms with E-state index in [1.807, 2.05) is 38.1 Å². The molecule has 1 atom stereocenters. The van der Waals surface area contributed by atoms with Gasteiger partial charge < -0.3 is 9.73 Å². The molecule has 0 radical (unpaired) electrons. The van der Waals surface area contributed by atoms with E-state index in [-0.39, 0.29) is 17.5 Å². The van der Waals surface area contributed by atoms with E-state index in [4.69, 9.17) is 4.42 Å². The second-order valence-electron chi connectivity index (χ2n) is 7.71. The molecule has 4 aromatic rings. The third-order valence-corrected chi connectivity index (χ3v) is 5.36. The summed E-state index contributed by atoms with van der Waals surface area (Å²) in [6.45, 7) is 4.28. The highest BCUT2D eigenvalue weighted by Crippen LogP contribution is 2.20. The summed E-state index contributed by atoms with van der Waals surface area (Å²) >= 11 is 0. The van der Waals surface area contributed by atoms with Crippen LogP contribution in [-0.4, -0.2) is 26.1 Å². The fourth-order valence-corrected chi connectivity index (χ4v) is 3.82. The number of nitrogens with one attached hydrogen (secondary N) is 1. The number of hydrogen-bond donors (Lipinski definition) is 1. The smallest absolute Gasteiger partial charge is 0.291 e. The average molecular weight is 406 g/mol. The van der Waals surface area contributed by atoms with E-state index in [1.165, 1.54) is 10.2 Å². The monoisotopic (exact) mass is 406 g/mol. The Bertz CT molecular complexity index is 1220. The van der Waals surface area contributed by atoms with Gasteiger partial charge in [-0.25, -0.2) is 4.68 Å². The molecule has 0 fully saturated rings. The lowest BCUT2D eigenvalue weighted by Crippen LogP contribution is -2.33. The largest absolute Gasteiger partial charge is 0.463 e. The SMILES string of the molecule is Cc1nn(CCCC(=O)N[C@@H](C)CCc2ccccc2)c(=O)c2cc3occc3n12. The van der Waals surface area contributed by atoms with Gasteiger partial charge in [0.05, 0.1) is 11.8 Å². The first-order chi connectivity index (χ1) is 14.5. The maximum atomic E-state index is 12.8. The van der Waals surface area contributed by atoms with Crippen LogP contribution in [0.3, 0.4) is 0 Å². The van der Waals surface area contributed by atoms with Crippen LogP contribution in [0.25, 0.3) is 16.6 Å². The molecule has 0 bridgehead atoms. The van der Waals surface area contributed by atoms with Gasteiger partial charge in [0.15, 0.2) is 5.58 Å². The summed E-state index contributed by atoms with van der Waals surface area (Å²) in [5.74, 6) is 0.710. The van der Waals surface area contributed by atoms with Crippen molar-refractivity contribution >= 4 is 22.5 Å². The summed E-state index contributed by atoms with van der Waals surface area (Å²) in [5, 5.41) is 7.46. The van der Waals surface area contributed by atoms with Gasteiger partial charge in [-0.1, -0.05) is 30.3 Å². The summed E-state index contributed by atoms with van der Waals surface area (Å²) in [6.07, 6.45) is 4.33. The van der Waals surface area contributed by atoms with E-state index in [9.17, 15) is 9.59 Å². The Morgan fingerprint density at radius 3 is 2.80 bits per heavy atom. The van der Waals surface area contributed by atoms with Crippen molar-refractivity contribution in [1.82, 2.24) is 19.5 Å². The molecule has 3 heterocycles. The molecular formula is C23H26N4O3. The van der Waals surface area contributed by atoms with Gasteiger partial charge in [-0.15, -0.1) is 0 Å². The molecule has 3 aromatic heterocycles. The number of rotatable bonds is 8. The number of hydrogen-bond acceptors (Lipinski definition) is 4. The third kappa shape index (κ3) is 4.15. The van der Waals surface area contributed by atoms with Crippen molar-refractivity contribution < 1.29 is 9.21 Å². The average Bonchev–Trinajstić information content (AvgIpc) is 3.32. The number of amides is 1. The van der Waals surface area contributed by atoms with Crippen molar-refractivity contribution in [3.05, 3.63) is 70.5 Å². The van der Waals surface area contributed by atoms with Gasteiger partial charge in [0, 0.05) is 31.1 Å². The maximum absolute atomic E-state index is 12.8.